The normalized spacial score (nSPS) is 10.9. The van der Waals surface area contributed by atoms with Gasteiger partial charge in [-0.25, -0.2) is 4.39 Å². The smallest absolute Gasteiger partial charge is 0.196 e. The molecule has 1 aromatic heterocycles. The molecule has 2 nitrogen and oxygen atoms in total. The van der Waals surface area contributed by atoms with Gasteiger partial charge >= 0.3 is 0 Å². The Morgan fingerprint density at radius 1 is 1.20 bits per heavy atom. The summed E-state index contributed by atoms with van der Waals surface area (Å²) in [5, 5.41) is 0.667. The Morgan fingerprint density at radius 2 is 2.00 bits per heavy atom. The van der Waals surface area contributed by atoms with Crippen molar-refractivity contribution in [3.63, 3.8) is 0 Å². The van der Waals surface area contributed by atoms with E-state index in [0.717, 1.165) is 16.5 Å². The van der Waals surface area contributed by atoms with Crippen LogP contribution in [0.1, 0.15) is 21.5 Å². The zero-order valence-electron chi connectivity index (χ0n) is 10.7. The highest BCUT2D eigenvalue weighted by Gasteiger charge is 2.18. The minimum absolute atomic E-state index is 0.140. The highest BCUT2D eigenvalue weighted by Crippen LogP contribution is 2.26. The van der Waals surface area contributed by atoms with Gasteiger partial charge in [0.15, 0.2) is 5.78 Å². The van der Waals surface area contributed by atoms with Gasteiger partial charge in [-0.1, -0.05) is 29.8 Å². The van der Waals surface area contributed by atoms with Crippen molar-refractivity contribution in [1.82, 2.24) is 4.98 Å². The first-order chi connectivity index (χ1) is 9.58. The average Bonchev–Trinajstić information content (AvgIpc) is 2.84. The number of carbonyl (C=O) groups is 1. The van der Waals surface area contributed by atoms with Crippen LogP contribution in [0.5, 0.6) is 0 Å². The number of ketones is 1. The number of aryl methyl sites for hydroxylation is 1. The van der Waals surface area contributed by atoms with E-state index in [9.17, 15) is 9.18 Å². The van der Waals surface area contributed by atoms with Gasteiger partial charge in [-0.05, 0) is 30.7 Å². The molecule has 4 heteroatoms. The van der Waals surface area contributed by atoms with Crippen LogP contribution in [-0.2, 0) is 0 Å². The number of hydrogen-bond donors (Lipinski definition) is 1. The second-order valence-corrected chi connectivity index (χ2v) is 5.06. The van der Waals surface area contributed by atoms with E-state index in [1.165, 1.54) is 18.2 Å². The van der Waals surface area contributed by atoms with E-state index in [1.807, 2.05) is 25.1 Å². The first-order valence-corrected chi connectivity index (χ1v) is 6.52. The minimum Gasteiger partial charge on any atom is -0.360 e. The van der Waals surface area contributed by atoms with Crippen LogP contribution in [0.25, 0.3) is 10.9 Å². The Labute approximate surface area is 120 Å². The summed E-state index contributed by atoms with van der Waals surface area (Å²) in [5.74, 6) is -0.877. The van der Waals surface area contributed by atoms with Gasteiger partial charge in [-0.3, -0.25) is 4.79 Å². The standard InChI is InChI=1S/C16H11ClFNO/c1-9-5-6-10-12(8-19-14(10)7-9)16(20)11-3-2-4-13(18)15(11)17/h2-8,19H,1H3. The molecule has 2 aromatic carbocycles. The van der Waals surface area contributed by atoms with Gasteiger partial charge in [0.1, 0.15) is 5.82 Å². The Morgan fingerprint density at radius 3 is 2.80 bits per heavy atom. The van der Waals surface area contributed by atoms with E-state index in [4.69, 9.17) is 11.6 Å². The van der Waals surface area contributed by atoms with Gasteiger partial charge < -0.3 is 4.98 Å². The van der Waals surface area contributed by atoms with Crippen molar-refractivity contribution in [2.24, 2.45) is 0 Å². The van der Waals surface area contributed by atoms with Crippen molar-refractivity contribution in [2.75, 3.05) is 0 Å². The molecule has 0 aliphatic carbocycles. The van der Waals surface area contributed by atoms with E-state index in [1.54, 1.807) is 6.20 Å². The van der Waals surface area contributed by atoms with E-state index >= 15 is 0 Å². The zero-order valence-corrected chi connectivity index (χ0v) is 11.5. The quantitative estimate of drug-likeness (QED) is 0.692. The summed E-state index contributed by atoms with van der Waals surface area (Å²) in [5.41, 5.74) is 2.64. The Kier molecular flexibility index (Phi) is 3.07. The van der Waals surface area contributed by atoms with E-state index in [-0.39, 0.29) is 16.4 Å². The van der Waals surface area contributed by atoms with Gasteiger partial charge in [-0.2, -0.15) is 0 Å². The molecule has 100 valence electrons. The lowest BCUT2D eigenvalue weighted by atomic mass is 10.0. The van der Waals surface area contributed by atoms with Crippen LogP contribution in [0, 0.1) is 12.7 Å². The summed E-state index contributed by atoms with van der Waals surface area (Å²) < 4.78 is 13.5. The van der Waals surface area contributed by atoms with Crippen LogP contribution in [0.3, 0.4) is 0 Å². The van der Waals surface area contributed by atoms with Crippen molar-refractivity contribution in [2.45, 2.75) is 6.92 Å². The maximum Gasteiger partial charge on any atom is 0.196 e. The van der Waals surface area contributed by atoms with Crippen LogP contribution in [0.2, 0.25) is 5.02 Å². The van der Waals surface area contributed by atoms with Crippen LogP contribution in [-0.4, -0.2) is 10.8 Å². The van der Waals surface area contributed by atoms with Crippen molar-refractivity contribution in [1.29, 1.82) is 0 Å². The molecule has 0 aliphatic rings. The lowest BCUT2D eigenvalue weighted by Crippen LogP contribution is -2.02. The molecule has 1 N–H and O–H groups in total. The number of nitrogens with one attached hydrogen (secondary N) is 1. The van der Waals surface area contributed by atoms with Crippen LogP contribution >= 0.6 is 11.6 Å². The molecular weight excluding hydrogens is 277 g/mol. The number of carbonyl (C=O) groups excluding carboxylic acids is 1. The number of aromatic amines is 1. The molecule has 0 spiro atoms. The third-order valence-electron chi connectivity index (χ3n) is 3.28. The molecule has 0 fully saturated rings. The summed E-state index contributed by atoms with van der Waals surface area (Å²) in [6, 6.07) is 10.0. The molecule has 0 radical (unpaired) electrons. The van der Waals surface area contributed by atoms with E-state index in [0.29, 0.717) is 5.56 Å². The molecule has 1 heterocycles. The molecular formula is C16H11ClFNO. The zero-order chi connectivity index (χ0) is 14.3. The topological polar surface area (TPSA) is 32.9 Å². The number of fused-ring (bicyclic) bond motifs is 1. The molecule has 0 saturated carbocycles. The number of H-pyrrole nitrogens is 1. The fraction of sp³-hybridized carbons (Fsp3) is 0.0625. The molecule has 20 heavy (non-hydrogen) atoms. The molecule has 0 saturated heterocycles. The van der Waals surface area contributed by atoms with Crippen LogP contribution < -0.4 is 0 Å². The van der Waals surface area contributed by atoms with Gasteiger partial charge in [0.05, 0.1) is 5.02 Å². The number of rotatable bonds is 2. The molecule has 0 bridgehead atoms. The monoisotopic (exact) mass is 287 g/mol. The molecule has 0 amide bonds. The van der Waals surface area contributed by atoms with Crippen molar-refractivity contribution < 1.29 is 9.18 Å². The fourth-order valence-electron chi connectivity index (χ4n) is 2.25. The lowest BCUT2D eigenvalue weighted by molar-refractivity contribution is 0.104. The fourth-order valence-corrected chi connectivity index (χ4v) is 2.46. The predicted octanol–water partition coefficient (Wildman–Crippen LogP) is 4.50. The number of benzene rings is 2. The molecule has 0 atom stereocenters. The third-order valence-corrected chi connectivity index (χ3v) is 3.66. The second kappa shape index (κ2) is 4.76. The third kappa shape index (κ3) is 2.00. The average molecular weight is 288 g/mol. The SMILES string of the molecule is Cc1ccc2c(C(=O)c3cccc(F)c3Cl)c[nH]c2c1. The Bertz CT molecular complexity index is 822. The van der Waals surface area contributed by atoms with Gasteiger partial charge in [0.25, 0.3) is 0 Å². The number of hydrogen-bond acceptors (Lipinski definition) is 1. The van der Waals surface area contributed by atoms with Gasteiger partial charge in [0, 0.05) is 28.2 Å². The van der Waals surface area contributed by atoms with Crippen molar-refractivity contribution >= 4 is 28.3 Å². The van der Waals surface area contributed by atoms with Crippen LogP contribution in [0.15, 0.2) is 42.6 Å². The summed E-state index contributed by atoms with van der Waals surface area (Å²) in [6.45, 7) is 1.98. The number of aromatic nitrogens is 1. The van der Waals surface area contributed by atoms with E-state index < -0.39 is 5.82 Å². The summed E-state index contributed by atoms with van der Waals surface area (Å²) in [4.78, 5) is 15.6. The van der Waals surface area contributed by atoms with E-state index in [2.05, 4.69) is 4.98 Å². The number of halogens is 2. The summed E-state index contributed by atoms with van der Waals surface area (Å²) in [7, 11) is 0. The Hall–Kier alpha value is -2.13. The molecule has 0 unspecified atom stereocenters. The van der Waals surface area contributed by atoms with Crippen molar-refractivity contribution in [3.8, 4) is 0 Å². The maximum absolute atomic E-state index is 13.5. The van der Waals surface area contributed by atoms with Gasteiger partial charge in [0.2, 0.25) is 0 Å². The maximum atomic E-state index is 13.5. The summed E-state index contributed by atoms with van der Waals surface area (Å²) in [6.07, 6.45) is 1.63. The summed E-state index contributed by atoms with van der Waals surface area (Å²) >= 11 is 5.88. The highest BCUT2D eigenvalue weighted by molar-refractivity contribution is 6.35. The lowest BCUT2D eigenvalue weighted by Gasteiger charge is -2.03. The second-order valence-electron chi connectivity index (χ2n) is 4.68. The molecule has 3 aromatic rings. The van der Waals surface area contributed by atoms with Crippen molar-refractivity contribution in [3.05, 3.63) is 70.1 Å². The van der Waals surface area contributed by atoms with Crippen LogP contribution in [0.4, 0.5) is 4.39 Å². The minimum atomic E-state index is -0.590. The molecule has 3 rings (SSSR count). The Balaban J connectivity index is 2.16. The molecule has 0 aliphatic heterocycles. The predicted molar refractivity (Wildman–Crippen MR) is 77.9 cm³/mol. The first-order valence-electron chi connectivity index (χ1n) is 6.14. The first kappa shape index (κ1) is 12.9. The largest absolute Gasteiger partial charge is 0.360 e. The highest BCUT2D eigenvalue weighted by atomic mass is 35.5. The van der Waals surface area contributed by atoms with Gasteiger partial charge in [-0.15, -0.1) is 0 Å².